The molecule has 1 heterocycles. The topological polar surface area (TPSA) is 32.3 Å². The van der Waals surface area contributed by atoms with Crippen molar-refractivity contribution in [2.24, 2.45) is 5.92 Å². The Morgan fingerprint density at radius 1 is 1.16 bits per heavy atom. The van der Waals surface area contributed by atoms with Gasteiger partial charge in [0, 0.05) is 19.1 Å². The second-order valence-electron chi connectivity index (χ2n) is 6.58. The summed E-state index contributed by atoms with van der Waals surface area (Å²) in [5.74, 6) is 1.22. The average Bonchev–Trinajstić information content (AvgIpc) is 2.46. The van der Waals surface area contributed by atoms with Crippen LogP contribution in [0.3, 0.4) is 0 Å². The standard InChI is InChI=1S/C16H30N2O/c1-4-13-8-10-14(11-9-13)18(3)16(19)15-7-5-6-12(2)17-15/h12-15,17H,4-11H2,1-3H3. The Hall–Kier alpha value is -0.570. The Kier molecular flexibility index (Phi) is 5.26. The van der Waals surface area contributed by atoms with Crippen molar-refractivity contribution in [2.75, 3.05) is 7.05 Å². The predicted octanol–water partition coefficient (Wildman–Crippen LogP) is 2.94. The van der Waals surface area contributed by atoms with E-state index in [1.54, 1.807) is 0 Å². The van der Waals surface area contributed by atoms with Crippen molar-refractivity contribution in [3.05, 3.63) is 0 Å². The first-order valence-electron chi connectivity index (χ1n) is 8.14. The van der Waals surface area contributed by atoms with Crippen LogP contribution < -0.4 is 5.32 Å². The molecule has 1 saturated carbocycles. The Morgan fingerprint density at radius 2 is 1.84 bits per heavy atom. The number of hydrogen-bond acceptors (Lipinski definition) is 2. The molecule has 1 aliphatic carbocycles. The van der Waals surface area contributed by atoms with Gasteiger partial charge in [0.05, 0.1) is 6.04 Å². The molecule has 3 heteroatoms. The molecule has 0 aromatic carbocycles. The highest BCUT2D eigenvalue weighted by atomic mass is 16.2. The largest absolute Gasteiger partial charge is 0.341 e. The van der Waals surface area contributed by atoms with Gasteiger partial charge in [-0.15, -0.1) is 0 Å². The van der Waals surface area contributed by atoms with Crippen molar-refractivity contribution >= 4 is 5.91 Å². The first-order chi connectivity index (χ1) is 9.11. The van der Waals surface area contributed by atoms with E-state index >= 15 is 0 Å². The lowest BCUT2D eigenvalue weighted by Gasteiger charge is -2.38. The average molecular weight is 266 g/mol. The Morgan fingerprint density at radius 3 is 2.42 bits per heavy atom. The van der Waals surface area contributed by atoms with E-state index in [1.807, 2.05) is 11.9 Å². The third kappa shape index (κ3) is 3.71. The summed E-state index contributed by atoms with van der Waals surface area (Å²) in [5, 5.41) is 3.46. The fraction of sp³-hybridized carbons (Fsp3) is 0.938. The van der Waals surface area contributed by atoms with Crippen LogP contribution >= 0.6 is 0 Å². The predicted molar refractivity (Wildman–Crippen MR) is 79.0 cm³/mol. The number of amides is 1. The van der Waals surface area contributed by atoms with E-state index < -0.39 is 0 Å². The summed E-state index contributed by atoms with van der Waals surface area (Å²) >= 11 is 0. The van der Waals surface area contributed by atoms with E-state index in [1.165, 1.54) is 44.9 Å². The Bertz CT molecular complexity index is 297. The van der Waals surface area contributed by atoms with Crippen molar-refractivity contribution < 1.29 is 4.79 Å². The smallest absolute Gasteiger partial charge is 0.239 e. The van der Waals surface area contributed by atoms with Crippen LogP contribution in [0.15, 0.2) is 0 Å². The van der Waals surface area contributed by atoms with Gasteiger partial charge < -0.3 is 10.2 Å². The molecule has 110 valence electrons. The lowest BCUT2D eigenvalue weighted by Crippen LogP contribution is -2.53. The van der Waals surface area contributed by atoms with Gasteiger partial charge >= 0.3 is 0 Å². The maximum Gasteiger partial charge on any atom is 0.239 e. The van der Waals surface area contributed by atoms with Gasteiger partial charge in [-0.1, -0.05) is 13.3 Å². The highest BCUT2D eigenvalue weighted by Gasteiger charge is 2.31. The van der Waals surface area contributed by atoms with E-state index in [0.29, 0.717) is 18.0 Å². The molecular weight excluding hydrogens is 236 g/mol. The van der Waals surface area contributed by atoms with E-state index in [2.05, 4.69) is 19.2 Å². The molecule has 0 aromatic rings. The number of nitrogens with zero attached hydrogens (tertiary/aromatic N) is 1. The minimum absolute atomic E-state index is 0.0673. The monoisotopic (exact) mass is 266 g/mol. The van der Waals surface area contributed by atoms with Crippen LogP contribution in [0.2, 0.25) is 0 Å². The lowest BCUT2D eigenvalue weighted by molar-refractivity contribution is -0.135. The second kappa shape index (κ2) is 6.74. The van der Waals surface area contributed by atoms with Crippen molar-refractivity contribution in [1.29, 1.82) is 0 Å². The summed E-state index contributed by atoms with van der Waals surface area (Å²) in [6.07, 6.45) is 9.69. The van der Waals surface area contributed by atoms with Gasteiger partial charge in [-0.2, -0.15) is 0 Å². The Balaban J connectivity index is 1.85. The van der Waals surface area contributed by atoms with Crippen LogP contribution in [0.5, 0.6) is 0 Å². The van der Waals surface area contributed by atoms with E-state index in [0.717, 1.165) is 12.3 Å². The molecule has 0 radical (unpaired) electrons. The minimum Gasteiger partial charge on any atom is -0.341 e. The van der Waals surface area contributed by atoms with Gasteiger partial charge in [0.25, 0.3) is 0 Å². The number of hydrogen-bond donors (Lipinski definition) is 1. The molecule has 2 fully saturated rings. The Labute approximate surface area is 118 Å². The minimum atomic E-state index is 0.0673. The normalized spacial score (nSPS) is 35.9. The van der Waals surface area contributed by atoms with Crippen LogP contribution in [0.25, 0.3) is 0 Å². The van der Waals surface area contributed by atoms with Gasteiger partial charge in [-0.3, -0.25) is 4.79 Å². The number of likely N-dealkylation sites (N-methyl/N-ethyl adjacent to an activating group) is 1. The molecule has 2 aliphatic rings. The van der Waals surface area contributed by atoms with Crippen LogP contribution in [0.1, 0.15) is 65.2 Å². The number of carbonyl (C=O) groups excluding carboxylic acids is 1. The number of rotatable bonds is 3. The first kappa shape index (κ1) is 14.8. The second-order valence-corrected chi connectivity index (χ2v) is 6.58. The molecule has 0 aromatic heterocycles. The highest BCUT2D eigenvalue weighted by Crippen LogP contribution is 2.29. The third-order valence-corrected chi connectivity index (χ3v) is 5.20. The molecule has 1 saturated heterocycles. The molecule has 2 unspecified atom stereocenters. The molecule has 0 bridgehead atoms. The summed E-state index contributed by atoms with van der Waals surface area (Å²) in [7, 11) is 2.01. The van der Waals surface area contributed by atoms with Crippen molar-refractivity contribution in [1.82, 2.24) is 10.2 Å². The quantitative estimate of drug-likeness (QED) is 0.852. The molecule has 19 heavy (non-hydrogen) atoms. The van der Waals surface area contributed by atoms with Crippen LogP contribution in [-0.2, 0) is 4.79 Å². The van der Waals surface area contributed by atoms with E-state index in [4.69, 9.17) is 0 Å². The number of carbonyl (C=O) groups is 1. The summed E-state index contributed by atoms with van der Waals surface area (Å²) < 4.78 is 0. The van der Waals surface area contributed by atoms with E-state index in [9.17, 15) is 4.79 Å². The van der Waals surface area contributed by atoms with Crippen LogP contribution in [-0.4, -0.2) is 36.0 Å². The van der Waals surface area contributed by atoms with Crippen molar-refractivity contribution in [2.45, 2.75) is 83.3 Å². The van der Waals surface area contributed by atoms with Gasteiger partial charge in [0.1, 0.15) is 0 Å². The third-order valence-electron chi connectivity index (χ3n) is 5.20. The van der Waals surface area contributed by atoms with E-state index in [-0.39, 0.29) is 6.04 Å². The van der Waals surface area contributed by atoms with Gasteiger partial charge in [-0.25, -0.2) is 0 Å². The number of nitrogens with one attached hydrogen (secondary N) is 1. The maximum absolute atomic E-state index is 12.6. The summed E-state index contributed by atoms with van der Waals surface area (Å²) in [5.41, 5.74) is 0. The molecule has 1 N–H and O–H groups in total. The first-order valence-corrected chi connectivity index (χ1v) is 8.14. The van der Waals surface area contributed by atoms with Gasteiger partial charge in [-0.05, 0) is 57.8 Å². The molecule has 1 amide bonds. The zero-order valence-electron chi connectivity index (χ0n) is 12.8. The molecule has 0 spiro atoms. The van der Waals surface area contributed by atoms with Gasteiger partial charge in [0.15, 0.2) is 0 Å². The summed E-state index contributed by atoms with van der Waals surface area (Å²) in [6, 6.07) is 1.04. The summed E-state index contributed by atoms with van der Waals surface area (Å²) in [6.45, 7) is 4.47. The van der Waals surface area contributed by atoms with Crippen LogP contribution in [0, 0.1) is 5.92 Å². The van der Waals surface area contributed by atoms with Crippen LogP contribution in [0.4, 0.5) is 0 Å². The maximum atomic E-state index is 12.6. The molecular formula is C16H30N2O. The SMILES string of the molecule is CCC1CCC(N(C)C(=O)C2CCCC(C)N2)CC1. The zero-order chi connectivity index (χ0) is 13.8. The van der Waals surface area contributed by atoms with Crippen molar-refractivity contribution in [3.63, 3.8) is 0 Å². The fourth-order valence-corrected chi connectivity index (χ4v) is 3.70. The summed E-state index contributed by atoms with van der Waals surface area (Å²) in [4.78, 5) is 14.6. The highest BCUT2D eigenvalue weighted by molar-refractivity contribution is 5.82. The van der Waals surface area contributed by atoms with Gasteiger partial charge in [0.2, 0.25) is 5.91 Å². The zero-order valence-corrected chi connectivity index (χ0v) is 12.8. The molecule has 2 rings (SSSR count). The number of piperidine rings is 1. The lowest BCUT2D eigenvalue weighted by atomic mass is 9.84. The molecule has 3 nitrogen and oxygen atoms in total. The molecule has 2 atom stereocenters. The van der Waals surface area contributed by atoms with Crippen molar-refractivity contribution in [3.8, 4) is 0 Å². The molecule has 1 aliphatic heterocycles. The fourth-order valence-electron chi connectivity index (χ4n) is 3.70.